The van der Waals surface area contributed by atoms with E-state index < -0.39 is 0 Å². The molecule has 28 heavy (non-hydrogen) atoms. The number of aryl methyl sites for hydroxylation is 1. The lowest BCUT2D eigenvalue weighted by Gasteiger charge is -2.17. The van der Waals surface area contributed by atoms with Crippen LogP contribution in [0.5, 0.6) is 5.75 Å². The van der Waals surface area contributed by atoms with Gasteiger partial charge in [-0.2, -0.15) is 0 Å². The van der Waals surface area contributed by atoms with E-state index in [9.17, 15) is 9.90 Å². The molecule has 0 bridgehead atoms. The SMILES string of the molecule is COC(=O)CCCc1ccc2ccccc2c1-c1c(O)ccc2ccccc12. The van der Waals surface area contributed by atoms with Crippen LogP contribution in [0, 0.1) is 0 Å². The summed E-state index contributed by atoms with van der Waals surface area (Å²) in [5, 5.41) is 15.2. The van der Waals surface area contributed by atoms with Crippen molar-refractivity contribution < 1.29 is 14.6 Å². The summed E-state index contributed by atoms with van der Waals surface area (Å²) in [4.78, 5) is 11.5. The van der Waals surface area contributed by atoms with Crippen LogP contribution in [-0.2, 0) is 16.0 Å². The van der Waals surface area contributed by atoms with Gasteiger partial charge in [-0.25, -0.2) is 0 Å². The first-order chi connectivity index (χ1) is 13.7. The molecule has 0 amide bonds. The summed E-state index contributed by atoms with van der Waals surface area (Å²) in [6, 6.07) is 24.2. The molecule has 0 fully saturated rings. The fourth-order valence-corrected chi connectivity index (χ4v) is 3.87. The predicted octanol–water partition coefficient (Wildman–Crippen LogP) is 5.86. The molecule has 140 valence electrons. The van der Waals surface area contributed by atoms with Gasteiger partial charge in [0.05, 0.1) is 7.11 Å². The molecular formula is C25H22O3. The molecule has 0 heterocycles. The van der Waals surface area contributed by atoms with E-state index in [2.05, 4.69) is 30.3 Å². The van der Waals surface area contributed by atoms with Gasteiger partial charge in [0, 0.05) is 12.0 Å². The Kier molecular flexibility index (Phi) is 4.98. The fraction of sp³-hybridized carbons (Fsp3) is 0.160. The summed E-state index contributed by atoms with van der Waals surface area (Å²) in [7, 11) is 1.41. The second-order valence-electron chi connectivity index (χ2n) is 6.93. The predicted molar refractivity (Wildman–Crippen MR) is 114 cm³/mol. The molecule has 4 aromatic carbocycles. The summed E-state index contributed by atoms with van der Waals surface area (Å²) in [6.07, 6.45) is 1.81. The van der Waals surface area contributed by atoms with Gasteiger partial charge < -0.3 is 9.84 Å². The molecule has 0 saturated heterocycles. The number of rotatable bonds is 5. The summed E-state index contributed by atoms with van der Waals surface area (Å²) < 4.78 is 4.77. The summed E-state index contributed by atoms with van der Waals surface area (Å²) >= 11 is 0. The zero-order chi connectivity index (χ0) is 19.5. The van der Waals surface area contributed by atoms with Gasteiger partial charge in [0.2, 0.25) is 0 Å². The highest BCUT2D eigenvalue weighted by Gasteiger charge is 2.16. The second kappa shape index (κ2) is 7.73. The Hall–Kier alpha value is -3.33. The maximum absolute atomic E-state index is 11.5. The third-order valence-electron chi connectivity index (χ3n) is 5.23. The molecule has 3 nitrogen and oxygen atoms in total. The highest BCUT2D eigenvalue weighted by atomic mass is 16.5. The van der Waals surface area contributed by atoms with Crippen molar-refractivity contribution in [2.45, 2.75) is 19.3 Å². The van der Waals surface area contributed by atoms with Gasteiger partial charge in [0.15, 0.2) is 0 Å². The minimum Gasteiger partial charge on any atom is -0.507 e. The van der Waals surface area contributed by atoms with Crippen molar-refractivity contribution >= 4 is 27.5 Å². The Labute approximate surface area is 164 Å². The van der Waals surface area contributed by atoms with Crippen LogP contribution in [-0.4, -0.2) is 18.2 Å². The van der Waals surface area contributed by atoms with Gasteiger partial charge >= 0.3 is 5.97 Å². The molecule has 0 aliphatic heterocycles. The minimum atomic E-state index is -0.199. The average molecular weight is 370 g/mol. The highest BCUT2D eigenvalue weighted by molar-refractivity contribution is 6.08. The Morgan fingerprint density at radius 3 is 2.11 bits per heavy atom. The van der Waals surface area contributed by atoms with Crippen molar-refractivity contribution in [1.82, 2.24) is 0 Å². The molecule has 0 radical (unpaired) electrons. The Morgan fingerprint density at radius 1 is 0.821 bits per heavy atom. The van der Waals surface area contributed by atoms with Crippen molar-refractivity contribution in [2.24, 2.45) is 0 Å². The molecule has 0 unspecified atom stereocenters. The number of phenolic OH excluding ortho intramolecular Hbond substituents is 1. The molecular weight excluding hydrogens is 348 g/mol. The van der Waals surface area contributed by atoms with E-state index in [0.29, 0.717) is 12.8 Å². The zero-order valence-corrected chi connectivity index (χ0v) is 15.8. The monoisotopic (exact) mass is 370 g/mol. The van der Waals surface area contributed by atoms with Crippen LogP contribution in [0.25, 0.3) is 32.7 Å². The Bertz CT molecular complexity index is 1160. The topological polar surface area (TPSA) is 46.5 Å². The van der Waals surface area contributed by atoms with Crippen LogP contribution in [0.4, 0.5) is 0 Å². The van der Waals surface area contributed by atoms with Gasteiger partial charge in [-0.05, 0) is 51.6 Å². The van der Waals surface area contributed by atoms with Gasteiger partial charge in [0.1, 0.15) is 5.75 Å². The van der Waals surface area contributed by atoms with Gasteiger partial charge in [-0.1, -0.05) is 66.7 Å². The van der Waals surface area contributed by atoms with Gasteiger partial charge in [-0.3, -0.25) is 4.79 Å². The van der Waals surface area contributed by atoms with Crippen LogP contribution < -0.4 is 0 Å². The molecule has 3 heteroatoms. The van der Waals surface area contributed by atoms with Crippen LogP contribution in [0.3, 0.4) is 0 Å². The van der Waals surface area contributed by atoms with E-state index in [-0.39, 0.29) is 11.7 Å². The van der Waals surface area contributed by atoms with E-state index in [1.165, 1.54) is 7.11 Å². The number of benzene rings is 4. The number of esters is 1. The number of carbonyl (C=O) groups excluding carboxylic acids is 1. The Balaban J connectivity index is 1.93. The first-order valence-corrected chi connectivity index (χ1v) is 9.47. The number of fused-ring (bicyclic) bond motifs is 2. The zero-order valence-electron chi connectivity index (χ0n) is 15.8. The summed E-state index contributed by atoms with van der Waals surface area (Å²) in [5.74, 6) is 0.0691. The van der Waals surface area contributed by atoms with Crippen molar-refractivity contribution in [3.8, 4) is 16.9 Å². The third kappa shape index (κ3) is 3.31. The number of aromatic hydroxyl groups is 1. The lowest BCUT2D eigenvalue weighted by atomic mass is 9.88. The standard InChI is InChI=1S/C25H22O3/c1-28-23(27)12-6-9-19-14-13-17-7-2-4-10-20(17)24(19)25-21-11-5-3-8-18(21)15-16-22(25)26/h2-5,7-8,10-11,13-16,26H,6,9,12H2,1H3. The third-order valence-corrected chi connectivity index (χ3v) is 5.23. The van der Waals surface area contributed by atoms with Crippen molar-refractivity contribution in [3.63, 3.8) is 0 Å². The highest BCUT2D eigenvalue weighted by Crippen LogP contribution is 2.42. The largest absolute Gasteiger partial charge is 0.507 e. The van der Waals surface area contributed by atoms with E-state index >= 15 is 0 Å². The molecule has 0 saturated carbocycles. The van der Waals surface area contributed by atoms with E-state index in [1.807, 2.05) is 36.4 Å². The number of hydrogen-bond donors (Lipinski definition) is 1. The summed E-state index contributed by atoms with van der Waals surface area (Å²) in [6.45, 7) is 0. The molecule has 0 aliphatic rings. The van der Waals surface area contributed by atoms with Crippen molar-refractivity contribution in [3.05, 3.63) is 78.4 Å². The minimum absolute atomic E-state index is 0.199. The molecule has 0 aromatic heterocycles. The normalized spacial score (nSPS) is 11.0. The lowest BCUT2D eigenvalue weighted by Crippen LogP contribution is -2.01. The smallest absolute Gasteiger partial charge is 0.305 e. The first kappa shape index (κ1) is 18.1. The number of methoxy groups -OCH3 is 1. The molecule has 0 atom stereocenters. The van der Waals surface area contributed by atoms with E-state index in [1.54, 1.807) is 6.07 Å². The fourth-order valence-electron chi connectivity index (χ4n) is 3.87. The molecule has 0 aliphatic carbocycles. The molecule has 0 spiro atoms. The van der Waals surface area contributed by atoms with Gasteiger partial charge in [-0.15, -0.1) is 0 Å². The van der Waals surface area contributed by atoms with Crippen molar-refractivity contribution in [1.29, 1.82) is 0 Å². The van der Waals surface area contributed by atoms with Crippen molar-refractivity contribution in [2.75, 3.05) is 7.11 Å². The number of ether oxygens (including phenoxy) is 1. The van der Waals surface area contributed by atoms with E-state index in [0.717, 1.165) is 44.7 Å². The molecule has 4 rings (SSSR count). The van der Waals surface area contributed by atoms with Crippen LogP contribution in [0.2, 0.25) is 0 Å². The number of phenols is 1. The maximum Gasteiger partial charge on any atom is 0.305 e. The van der Waals surface area contributed by atoms with Gasteiger partial charge in [0.25, 0.3) is 0 Å². The molecule has 1 N–H and O–H groups in total. The van der Waals surface area contributed by atoms with E-state index in [4.69, 9.17) is 4.74 Å². The van der Waals surface area contributed by atoms with Crippen LogP contribution in [0.1, 0.15) is 18.4 Å². The van der Waals surface area contributed by atoms with Crippen LogP contribution in [0.15, 0.2) is 72.8 Å². The Morgan fingerprint density at radius 2 is 1.43 bits per heavy atom. The number of carbonyl (C=O) groups is 1. The molecule has 4 aromatic rings. The second-order valence-corrected chi connectivity index (χ2v) is 6.93. The quantitative estimate of drug-likeness (QED) is 0.448. The first-order valence-electron chi connectivity index (χ1n) is 9.47. The lowest BCUT2D eigenvalue weighted by molar-refractivity contribution is -0.140. The summed E-state index contributed by atoms with van der Waals surface area (Å²) in [5.41, 5.74) is 3.01. The van der Waals surface area contributed by atoms with Crippen LogP contribution >= 0.6 is 0 Å². The average Bonchev–Trinajstić information content (AvgIpc) is 2.74. The maximum atomic E-state index is 11.5. The number of hydrogen-bond acceptors (Lipinski definition) is 3.